The minimum Gasteiger partial charge on any atom is -0.494 e. The van der Waals surface area contributed by atoms with Crippen LogP contribution < -0.4 is 26.0 Å². The fourth-order valence-corrected chi connectivity index (χ4v) is 4.88. The van der Waals surface area contributed by atoms with E-state index in [1.807, 2.05) is 6.92 Å². The van der Waals surface area contributed by atoms with Crippen LogP contribution in [-0.4, -0.2) is 131 Å². The van der Waals surface area contributed by atoms with Gasteiger partial charge >= 0.3 is 11.9 Å². The number of nitrogens with one attached hydrogen (secondary N) is 4. The van der Waals surface area contributed by atoms with Crippen molar-refractivity contribution in [1.29, 1.82) is 0 Å². The lowest BCUT2D eigenvalue weighted by Gasteiger charge is -2.14. The van der Waals surface area contributed by atoms with E-state index in [1.165, 1.54) is 12.1 Å². The van der Waals surface area contributed by atoms with Gasteiger partial charge < -0.3 is 55.2 Å². The topological polar surface area (TPSA) is 237 Å². The first kappa shape index (κ1) is 48.7. The molecule has 1 aromatic rings. The van der Waals surface area contributed by atoms with Crippen molar-refractivity contribution in [3.63, 3.8) is 0 Å². The lowest BCUT2D eigenvalue weighted by Crippen LogP contribution is -2.41. The Morgan fingerprint density at radius 2 is 1.07 bits per heavy atom. The minimum atomic E-state index is -1.19. The van der Waals surface area contributed by atoms with Crippen LogP contribution in [0.15, 0.2) is 24.3 Å². The number of carbonyl (C=O) groups is 6. The second-order valence-electron chi connectivity index (χ2n) is 12.6. The normalized spacial score (nSPS) is 11.4. The first-order valence-corrected chi connectivity index (χ1v) is 19.2. The highest BCUT2D eigenvalue weighted by molar-refractivity contribution is 5.87. The highest BCUT2D eigenvalue weighted by Crippen LogP contribution is 2.14. The van der Waals surface area contributed by atoms with E-state index in [0.29, 0.717) is 45.1 Å². The number of carbonyl (C=O) groups excluding carboxylic acids is 4. The minimum absolute atomic E-state index is 0.0170. The van der Waals surface area contributed by atoms with E-state index in [1.54, 1.807) is 12.1 Å². The van der Waals surface area contributed by atoms with Crippen molar-refractivity contribution in [2.75, 3.05) is 79.1 Å². The zero-order valence-corrected chi connectivity index (χ0v) is 32.2. The van der Waals surface area contributed by atoms with Crippen LogP contribution in [0.1, 0.15) is 94.3 Å². The van der Waals surface area contributed by atoms with Crippen molar-refractivity contribution in [2.45, 2.75) is 90.0 Å². The van der Waals surface area contributed by atoms with Crippen LogP contribution in [-0.2, 0) is 42.9 Å². The maximum absolute atomic E-state index is 12.3. The predicted octanol–water partition coefficient (Wildman–Crippen LogP) is 2.45. The summed E-state index contributed by atoms with van der Waals surface area (Å²) < 4.78 is 26.8. The van der Waals surface area contributed by atoms with Crippen LogP contribution in [0.4, 0.5) is 0 Å². The van der Waals surface area contributed by atoms with Gasteiger partial charge in [-0.15, -0.1) is 0 Å². The fraction of sp³-hybridized carbons (Fsp3) is 0.684. The Hall–Kier alpha value is -4.32. The lowest BCUT2D eigenvalue weighted by molar-refractivity contribution is -0.142. The van der Waals surface area contributed by atoms with Crippen molar-refractivity contribution in [2.24, 2.45) is 0 Å². The zero-order chi connectivity index (χ0) is 40.4. The molecule has 0 aliphatic carbocycles. The van der Waals surface area contributed by atoms with Gasteiger partial charge in [0.15, 0.2) is 0 Å². The van der Waals surface area contributed by atoms with Crippen molar-refractivity contribution in [3.05, 3.63) is 29.8 Å². The first-order valence-electron chi connectivity index (χ1n) is 19.2. The summed E-state index contributed by atoms with van der Waals surface area (Å²) >= 11 is 0. The van der Waals surface area contributed by atoms with E-state index in [2.05, 4.69) is 21.3 Å². The molecule has 0 aromatic heterocycles. The number of aromatic carboxylic acids is 1. The van der Waals surface area contributed by atoms with Gasteiger partial charge in [0.05, 0.1) is 51.8 Å². The molecule has 0 saturated carbocycles. The maximum Gasteiger partial charge on any atom is 0.335 e. The Bertz CT molecular complexity index is 1230. The Kier molecular flexibility index (Phi) is 29.3. The molecule has 0 fully saturated rings. The Labute approximate surface area is 323 Å². The second kappa shape index (κ2) is 33.1. The van der Waals surface area contributed by atoms with E-state index >= 15 is 0 Å². The standard InChI is InChI=1S/C38H62N4O13/c1-2-18-39-35(45)28-53-26-25-52-23-20-41-36(46)29-54-27-24-51-22-19-40-33(43)17-16-32(38(49)50)42-34(44)11-9-7-5-3-4-6-8-10-21-55-31-14-12-30(13-15-31)37(47)48/h12-15,32H,2-11,16-29H2,1H3,(H,39,45)(H,40,43)(H,41,46)(H,42,44)(H,47,48)(H,49,50)/t32-/m0/s1. The van der Waals surface area contributed by atoms with E-state index in [-0.39, 0.29) is 94.6 Å². The number of amides is 4. The third-order valence-corrected chi connectivity index (χ3v) is 7.88. The molecule has 17 heteroatoms. The quantitative estimate of drug-likeness (QED) is 0.0538. The molecule has 312 valence electrons. The van der Waals surface area contributed by atoms with Crippen LogP contribution in [0.5, 0.6) is 5.75 Å². The molecule has 1 atom stereocenters. The van der Waals surface area contributed by atoms with Crippen LogP contribution in [0.25, 0.3) is 0 Å². The highest BCUT2D eigenvalue weighted by atomic mass is 16.5. The Morgan fingerprint density at radius 1 is 0.564 bits per heavy atom. The van der Waals surface area contributed by atoms with Gasteiger partial charge in [-0.1, -0.05) is 45.4 Å². The molecular formula is C38H62N4O13. The average Bonchev–Trinajstić information content (AvgIpc) is 3.16. The summed E-state index contributed by atoms with van der Waals surface area (Å²) in [6, 6.07) is 5.19. The number of ether oxygens (including phenoxy) is 5. The molecule has 0 bridgehead atoms. The van der Waals surface area contributed by atoms with Gasteiger partial charge in [-0.2, -0.15) is 0 Å². The van der Waals surface area contributed by atoms with Gasteiger partial charge in [0.1, 0.15) is 25.0 Å². The molecule has 17 nitrogen and oxygen atoms in total. The Balaban J connectivity index is 1.95. The van der Waals surface area contributed by atoms with Gasteiger partial charge in [0.25, 0.3) is 0 Å². The molecular weight excluding hydrogens is 720 g/mol. The molecule has 1 rings (SSSR count). The van der Waals surface area contributed by atoms with Gasteiger partial charge in [0, 0.05) is 32.5 Å². The van der Waals surface area contributed by atoms with Crippen LogP contribution in [0.2, 0.25) is 0 Å². The number of carboxylic acids is 2. The fourth-order valence-electron chi connectivity index (χ4n) is 4.88. The van der Waals surface area contributed by atoms with E-state index in [4.69, 9.17) is 28.8 Å². The summed E-state index contributed by atoms with van der Waals surface area (Å²) in [5.74, 6) is -2.69. The summed E-state index contributed by atoms with van der Waals surface area (Å²) in [5, 5.41) is 28.9. The molecule has 55 heavy (non-hydrogen) atoms. The SMILES string of the molecule is CCCNC(=O)COCCOCCNC(=O)COCCOCCNC(=O)CC[C@H](NC(=O)CCCCCCCCCCOc1ccc(C(=O)O)cc1)C(=O)O. The molecule has 0 aliphatic heterocycles. The van der Waals surface area contributed by atoms with Gasteiger partial charge in [-0.05, 0) is 49.9 Å². The Morgan fingerprint density at radius 3 is 1.62 bits per heavy atom. The number of unbranched alkanes of at least 4 members (excludes halogenated alkanes) is 7. The van der Waals surface area contributed by atoms with Gasteiger partial charge in [-0.3, -0.25) is 19.2 Å². The number of benzene rings is 1. The molecule has 0 unspecified atom stereocenters. The number of hydrogen-bond donors (Lipinski definition) is 6. The van der Waals surface area contributed by atoms with Crippen LogP contribution >= 0.6 is 0 Å². The number of carboxylic acid groups (broad SMARTS) is 2. The number of rotatable bonds is 36. The third-order valence-electron chi connectivity index (χ3n) is 7.88. The summed E-state index contributed by atoms with van der Waals surface area (Å²) in [6.45, 7) is 4.95. The monoisotopic (exact) mass is 782 g/mol. The molecule has 4 amide bonds. The van der Waals surface area contributed by atoms with Crippen molar-refractivity contribution in [3.8, 4) is 5.75 Å². The van der Waals surface area contributed by atoms with Crippen LogP contribution in [0.3, 0.4) is 0 Å². The van der Waals surface area contributed by atoms with Crippen LogP contribution in [0, 0.1) is 0 Å². The summed E-state index contributed by atoms with van der Waals surface area (Å²) in [7, 11) is 0. The van der Waals surface area contributed by atoms with Crippen molar-refractivity contribution >= 4 is 35.6 Å². The third kappa shape index (κ3) is 28.7. The molecule has 0 spiro atoms. The van der Waals surface area contributed by atoms with E-state index in [0.717, 1.165) is 51.4 Å². The molecule has 6 N–H and O–H groups in total. The maximum atomic E-state index is 12.3. The second-order valence-corrected chi connectivity index (χ2v) is 12.6. The number of hydrogen-bond acceptors (Lipinski definition) is 11. The van der Waals surface area contributed by atoms with E-state index in [9.17, 15) is 33.9 Å². The van der Waals surface area contributed by atoms with Crippen molar-refractivity contribution < 1.29 is 62.7 Å². The van der Waals surface area contributed by atoms with Gasteiger partial charge in [0.2, 0.25) is 23.6 Å². The highest BCUT2D eigenvalue weighted by Gasteiger charge is 2.20. The van der Waals surface area contributed by atoms with E-state index < -0.39 is 18.0 Å². The number of aliphatic carboxylic acids is 1. The predicted molar refractivity (Wildman–Crippen MR) is 202 cm³/mol. The molecule has 0 aliphatic rings. The van der Waals surface area contributed by atoms with Crippen molar-refractivity contribution in [1.82, 2.24) is 21.3 Å². The zero-order valence-electron chi connectivity index (χ0n) is 32.2. The summed E-state index contributed by atoms with van der Waals surface area (Å²) in [6.07, 6.45) is 8.60. The summed E-state index contributed by atoms with van der Waals surface area (Å²) in [4.78, 5) is 70.2. The average molecular weight is 783 g/mol. The molecule has 1 aromatic carbocycles. The molecule has 0 heterocycles. The largest absolute Gasteiger partial charge is 0.494 e. The molecule has 0 saturated heterocycles. The van der Waals surface area contributed by atoms with Gasteiger partial charge in [-0.25, -0.2) is 9.59 Å². The smallest absolute Gasteiger partial charge is 0.335 e. The summed E-state index contributed by atoms with van der Waals surface area (Å²) in [5.41, 5.74) is 0.225. The molecule has 0 radical (unpaired) electrons. The lowest BCUT2D eigenvalue weighted by atomic mass is 10.1. The first-order chi connectivity index (χ1) is 26.6.